The molecule has 0 spiro atoms. The molecular weight excluding hydrogens is 216 g/mol. The molecule has 0 aliphatic carbocycles. The Morgan fingerprint density at radius 1 is 1.38 bits per heavy atom. The smallest absolute Gasteiger partial charge is 0.341 e. The maximum atomic E-state index is 11.4. The molecule has 0 bridgehead atoms. The summed E-state index contributed by atoms with van der Waals surface area (Å²) in [4.78, 5) is 27.3. The van der Waals surface area contributed by atoms with Crippen LogP contribution >= 0.6 is 0 Å². The highest BCUT2D eigenvalue weighted by Gasteiger charge is 2.12. The van der Waals surface area contributed by atoms with Gasteiger partial charge in [-0.15, -0.1) is 0 Å². The summed E-state index contributed by atoms with van der Waals surface area (Å²) in [6.07, 6.45) is 1.73. The van der Waals surface area contributed by atoms with Crippen molar-refractivity contribution in [1.29, 1.82) is 0 Å². The van der Waals surface area contributed by atoms with Crippen molar-refractivity contribution < 1.29 is 24.6 Å². The van der Waals surface area contributed by atoms with Gasteiger partial charge < -0.3 is 15.1 Å². The fourth-order valence-corrected chi connectivity index (χ4v) is 1.01. The maximum absolute atomic E-state index is 11.4. The number of carbonyl (C=O) groups is 2. The molecule has 0 radical (unpaired) electrons. The van der Waals surface area contributed by atoms with Crippen LogP contribution in [0.3, 0.4) is 0 Å². The zero-order chi connectivity index (χ0) is 12.4. The highest BCUT2D eigenvalue weighted by atomic mass is 16.7. The van der Waals surface area contributed by atoms with E-state index in [4.69, 9.17) is 10.2 Å². The number of hydrogen-bond acceptors (Lipinski definition) is 4. The molecule has 16 heavy (non-hydrogen) atoms. The van der Waals surface area contributed by atoms with E-state index in [9.17, 15) is 9.59 Å². The second-order valence-electron chi connectivity index (χ2n) is 3.15. The predicted molar refractivity (Wildman–Crippen MR) is 55.7 cm³/mol. The molecule has 0 aromatic heterocycles. The van der Waals surface area contributed by atoms with Gasteiger partial charge in [-0.2, -0.15) is 0 Å². The van der Waals surface area contributed by atoms with Crippen LogP contribution in [0.4, 0.5) is 4.79 Å². The third-order valence-corrected chi connectivity index (χ3v) is 1.79. The van der Waals surface area contributed by atoms with Crippen LogP contribution in [0.1, 0.15) is 19.8 Å². The number of amides is 2. The Balaban J connectivity index is 3.90. The maximum Gasteiger partial charge on any atom is 0.341 e. The first kappa shape index (κ1) is 14.7. The molecule has 0 aliphatic heterocycles. The molecule has 0 aromatic carbocycles. The predicted octanol–water partition coefficient (Wildman–Crippen LogP) is -0.193. The van der Waals surface area contributed by atoms with E-state index in [1.807, 2.05) is 12.4 Å². The van der Waals surface area contributed by atoms with Gasteiger partial charge in [-0.25, -0.2) is 15.1 Å². The minimum atomic E-state index is -1.16. The van der Waals surface area contributed by atoms with Crippen molar-refractivity contribution in [3.05, 3.63) is 0 Å². The van der Waals surface area contributed by atoms with E-state index >= 15 is 0 Å². The second kappa shape index (κ2) is 8.93. The Morgan fingerprint density at radius 2 is 2.06 bits per heavy atom. The third-order valence-electron chi connectivity index (χ3n) is 1.79. The van der Waals surface area contributed by atoms with Crippen molar-refractivity contribution in [3.63, 3.8) is 0 Å². The second-order valence-corrected chi connectivity index (χ2v) is 3.15. The molecule has 94 valence electrons. The minimum Gasteiger partial charge on any atom is -0.479 e. The van der Waals surface area contributed by atoms with E-state index in [1.165, 1.54) is 4.90 Å². The highest BCUT2D eigenvalue weighted by molar-refractivity contribution is 5.73. The molecule has 0 aromatic rings. The van der Waals surface area contributed by atoms with E-state index in [0.29, 0.717) is 6.54 Å². The van der Waals surface area contributed by atoms with Gasteiger partial charge in [0.2, 0.25) is 0 Å². The third kappa shape index (κ3) is 7.02. The first-order chi connectivity index (χ1) is 7.61. The van der Waals surface area contributed by atoms with Crippen LogP contribution < -0.4 is 5.48 Å². The van der Waals surface area contributed by atoms with Crippen LogP contribution in [0.25, 0.3) is 0 Å². The molecule has 7 nitrogen and oxygen atoms in total. The van der Waals surface area contributed by atoms with Crippen molar-refractivity contribution in [2.45, 2.75) is 19.8 Å². The number of carbonyl (C=O) groups excluding carboxylic acids is 1. The summed E-state index contributed by atoms with van der Waals surface area (Å²) in [7, 11) is 0. The van der Waals surface area contributed by atoms with Crippen molar-refractivity contribution in [3.8, 4) is 0 Å². The van der Waals surface area contributed by atoms with Crippen molar-refractivity contribution in [2.75, 3.05) is 26.3 Å². The van der Waals surface area contributed by atoms with Gasteiger partial charge >= 0.3 is 12.0 Å². The fourth-order valence-electron chi connectivity index (χ4n) is 1.01. The number of hydrogen-bond donors (Lipinski definition) is 3. The number of nitrogens with one attached hydrogen (secondary N) is 1. The number of aliphatic carboxylic acids is 1. The van der Waals surface area contributed by atoms with Crippen LogP contribution in [0.5, 0.6) is 0 Å². The Kier molecular flexibility index (Phi) is 8.18. The molecule has 0 rings (SSSR count). The minimum absolute atomic E-state index is 0.143. The van der Waals surface area contributed by atoms with Gasteiger partial charge in [0, 0.05) is 13.1 Å². The van der Waals surface area contributed by atoms with Crippen LogP contribution in [0.2, 0.25) is 0 Å². The monoisotopic (exact) mass is 234 g/mol. The summed E-state index contributed by atoms with van der Waals surface area (Å²) in [5, 5.41) is 17.0. The largest absolute Gasteiger partial charge is 0.479 e. The van der Waals surface area contributed by atoms with Gasteiger partial charge in [0.15, 0.2) is 6.61 Å². The fraction of sp³-hybridized carbons (Fsp3) is 0.778. The van der Waals surface area contributed by atoms with Gasteiger partial charge in [-0.1, -0.05) is 13.3 Å². The van der Waals surface area contributed by atoms with Crippen molar-refractivity contribution in [2.24, 2.45) is 0 Å². The Morgan fingerprint density at radius 3 is 2.56 bits per heavy atom. The molecule has 0 unspecified atom stereocenters. The topological polar surface area (TPSA) is 99.1 Å². The average Bonchev–Trinajstić information content (AvgIpc) is 2.23. The number of carboxylic acids is 1. The van der Waals surface area contributed by atoms with Gasteiger partial charge in [-0.3, -0.25) is 4.84 Å². The summed E-state index contributed by atoms with van der Waals surface area (Å²) < 4.78 is 0. The molecule has 0 atom stereocenters. The summed E-state index contributed by atoms with van der Waals surface area (Å²) in [5.74, 6) is -1.16. The van der Waals surface area contributed by atoms with E-state index in [2.05, 4.69) is 4.84 Å². The summed E-state index contributed by atoms with van der Waals surface area (Å²) >= 11 is 0. The lowest BCUT2D eigenvalue weighted by Gasteiger charge is -2.21. The van der Waals surface area contributed by atoms with E-state index in [0.717, 1.165) is 12.8 Å². The van der Waals surface area contributed by atoms with E-state index < -0.39 is 18.6 Å². The first-order valence-corrected chi connectivity index (χ1v) is 5.11. The number of hydroxylamine groups is 1. The molecule has 0 saturated heterocycles. The van der Waals surface area contributed by atoms with Gasteiger partial charge in [0.25, 0.3) is 0 Å². The summed E-state index contributed by atoms with van der Waals surface area (Å²) in [6, 6.07) is -0.538. The van der Waals surface area contributed by atoms with Crippen molar-refractivity contribution in [1.82, 2.24) is 10.4 Å². The van der Waals surface area contributed by atoms with Crippen LogP contribution in [-0.4, -0.2) is 53.4 Å². The lowest BCUT2D eigenvalue weighted by atomic mass is 10.3. The standard InChI is InChI=1S/C9H18N2O5/c1-2-3-4-11(5-6-12)9(15)10-16-7-8(13)14/h12H,2-7H2,1H3,(H,10,15)(H,13,14). The highest BCUT2D eigenvalue weighted by Crippen LogP contribution is 1.95. The van der Waals surface area contributed by atoms with Crippen molar-refractivity contribution >= 4 is 12.0 Å². The number of aliphatic hydroxyl groups is 1. The zero-order valence-corrected chi connectivity index (χ0v) is 9.31. The average molecular weight is 234 g/mol. The number of unbranched alkanes of at least 4 members (excludes halogenated alkanes) is 1. The molecule has 0 heterocycles. The van der Waals surface area contributed by atoms with Gasteiger partial charge in [0.1, 0.15) is 0 Å². The quantitative estimate of drug-likeness (QED) is 0.505. The first-order valence-electron chi connectivity index (χ1n) is 5.11. The number of rotatable bonds is 8. The van der Waals surface area contributed by atoms with Crippen LogP contribution in [0.15, 0.2) is 0 Å². The number of urea groups is 1. The van der Waals surface area contributed by atoms with Gasteiger partial charge in [-0.05, 0) is 6.42 Å². The van der Waals surface area contributed by atoms with Crippen LogP contribution in [-0.2, 0) is 9.63 Å². The number of aliphatic hydroxyl groups excluding tert-OH is 1. The summed E-state index contributed by atoms with van der Waals surface area (Å²) in [6.45, 7) is 1.94. The molecular formula is C9H18N2O5. The normalized spacial score (nSPS) is 9.88. The molecule has 7 heteroatoms. The van der Waals surface area contributed by atoms with E-state index in [1.54, 1.807) is 0 Å². The Hall–Kier alpha value is -1.34. The molecule has 0 aliphatic rings. The molecule has 3 N–H and O–H groups in total. The number of nitrogens with zero attached hydrogens (tertiary/aromatic N) is 1. The number of carboxylic acid groups (broad SMARTS) is 1. The van der Waals surface area contributed by atoms with E-state index in [-0.39, 0.29) is 13.2 Å². The Labute approximate surface area is 93.9 Å². The van der Waals surface area contributed by atoms with Crippen LogP contribution in [0, 0.1) is 0 Å². The Bertz CT molecular complexity index is 222. The SMILES string of the molecule is CCCCN(CCO)C(=O)NOCC(=O)O. The zero-order valence-electron chi connectivity index (χ0n) is 9.31. The molecule has 2 amide bonds. The molecule has 0 fully saturated rings. The molecule has 0 saturated carbocycles. The van der Waals surface area contributed by atoms with Gasteiger partial charge in [0.05, 0.1) is 6.61 Å². The lowest BCUT2D eigenvalue weighted by Crippen LogP contribution is -2.42. The lowest BCUT2D eigenvalue weighted by molar-refractivity contribution is -0.144. The summed E-state index contributed by atoms with van der Waals surface area (Å²) in [5.41, 5.74) is 2.00.